The van der Waals surface area contributed by atoms with Gasteiger partial charge in [0.15, 0.2) is 0 Å². The summed E-state index contributed by atoms with van der Waals surface area (Å²) in [6.45, 7) is 7.80. The van der Waals surface area contributed by atoms with Crippen molar-refractivity contribution in [1.29, 1.82) is 0 Å². The number of amides is 3. The molecule has 1 atom stereocenters. The Morgan fingerprint density at radius 2 is 1.85 bits per heavy atom. The van der Waals surface area contributed by atoms with Crippen molar-refractivity contribution in [1.82, 2.24) is 10.2 Å². The van der Waals surface area contributed by atoms with Crippen molar-refractivity contribution in [2.24, 2.45) is 0 Å². The van der Waals surface area contributed by atoms with Crippen LogP contribution in [-0.2, 0) is 35.1 Å². The van der Waals surface area contributed by atoms with Gasteiger partial charge in [0, 0.05) is 36.3 Å². The summed E-state index contributed by atoms with van der Waals surface area (Å²) in [5, 5.41) is 5.60. The van der Waals surface area contributed by atoms with E-state index < -0.39 is 17.6 Å². The molecule has 1 unspecified atom stereocenters. The van der Waals surface area contributed by atoms with E-state index in [1.807, 2.05) is 26.8 Å². The Hall–Kier alpha value is -2.98. The van der Waals surface area contributed by atoms with Gasteiger partial charge in [0.25, 0.3) is 5.91 Å². The number of hydrogen-bond acceptors (Lipinski definition) is 8. The minimum Gasteiger partial charge on any atom is -0.460 e. The molecule has 1 aromatic rings. The third-order valence-electron chi connectivity index (χ3n) is 5.39. The van der Waals surface area contributed by atoms with E-state index >= 15 is 0 Å². The smallest absolute Gasteiger partial charge is 0.308 e. The second kappa shape index (κ2) is 11.4. The molecule has 3 amide bonds. The van der Waals surface area contributed by atoms with Crippen molar-refractivity contribution in [2.45, 2.75) is 58.2 Å². The van der Waals surface area contributed by atoms with E-state index in [1.54, 1.807) is 12.1 Å². The molecule has 10 nitrogen and oxygen atoms in total. The molecule has 1 saturated heterocycles. The third-order valence-corrected chi connectivity index (χ3v) is 5.39. The first-order valence-corrected chi connectivity index (χ1v) is 11.5. The zero-order chi connectivity index (χ0) is 24.7. The van der Waals surface area contributed by atoms with Crippen LogP contribution in [0, 0.1) is 0 Å². The highest BCUT2D eigenvalue weighted by Gasteiger charge is 2.39. The number of benzene rings is 1. The molecule has 0 radical (unpaired) electrons. The Morgan fingerprint density at radius 1 is 1.12 bits per heavy atom. The summed E-state index contributed by atoms with van der Waals surface area (Å²) in [5.74, 6) is -1.22. The van der Waals surface area contributed by atoms with Gasteiger partial charge in [-0.05, 0) is 39.3 Å². The lowest BCUT2D eigenvalue weighted by Crippen LogP contribution is -2.52. The number of ether oxygens (including phenoxy) is 3. The molecule has 1 aromatic carbocycles. The van der Waals surface area contributed by atoms with Gasteiger partial charge in [-0.15, -0.1) is 0 Å². The highest BCUT2D eigenvalue weighted by Crippen LogP contribution is 2.32. The standard InChI is InChI=1S/C24H33N3O7/c1-24(2,3)34-21(29)9-11-32-13-14-33-12-10-25-18-6-4-5-16-17(18)15-27(23(16)31)19-7-8-20(28)26-22(19)30/h4-6,19,25H,7-15H2,1-3H3,(H,26,28,30). The molecule has 34 heavy (non-hydrogen) atoms. The third kappa shape index (κ3) is 7.01. The summed E-state index contributed by atoms with van der Waals surface area (Å²) in [4.78, 5) is 49.6. The molecule has 0 aromatic heterocycles. The van der Waals surface area contributed by atoms with Gasteiger partial charge < -0.3 is 24.4 Å². The highest BCUT2D eigenvalue weighted by molar-refractivity contribution is 6.06. The van der Waals surface area contributed by atoms with Crippen molar-refractivity contribution in [2.75, 3.05) is 38.3 Å². The number of nitrogens with zero attached hydrogens (tertiary/aromatic N) is 1. The number of rotatable bonds is 11. The van der Waals surface area contributed by atoms with Crippen LogP contribution in [0.25, 0.3) is 0 Å². The van der Waals surface area contributed by atoms with Crippen molar-refractivity contribution in [3.63, 3.8) is 0 Å². The van der Waals surface area contributed by atoms with E-state index in [0.717, 1.165) is 11.3 Å². The van der Waals surface area contributed by atoms with Gasteiger partial charge in [0.2, 0.25) is 11.8 Å². The lowest BCUT2D eigenvalue weighted by molar-refractivity contribution is -0.156. The van der Waals surface area contributed by atoms with Crippen LogP contribution in [0.2, 0.25) is 0 Å². The first-order chi connectivity index (χ1) is 16.2. The summed E-state index contributed by atoms with van der Waals surface area (Å²) >= 11 is 0. The van der Waals surface area contributed by atoms with Crippen LogP contribution in [-0.4, -0.2) is 73.2 Å². The lowest BCUT2D eigenvalue weighted by atomic mass is 10.0. The molecule has 2 heterocycles. The Morgan fingerprint density at radius 3 is 2.56 bits per heavy atom. The molecular weight excluding hydrogens is 442 g/mol. The van der Waals surface area contributed by atoms with Crippen LogP contribution < -0.4 is 10.6 Å². The molecule has 1 fully saturated rings. The topological polar surface area (TPSA) is 123 Å². The Kier molecular flexibility index (Phi) is 8.62. The Balaban J connectivity index is 1.36. The number of piperidine rings is 1. The number of imide groups is 1. The monoisotopic (exact) mass is 475 g/mol. The summed E-state index contributed by atoms with van der Waals surface area (Å²) in [6.07, 6.45) is 0.761. The van der Waals surface area contributed by atoms with E-state index in [1.165, 1.54) is 4.90 Å². The maximum atomic E-state index is 12.9. The summed E-state index contributed by atoms with van der Waals surface area (Å²) in [5.41, 5.74) is 1.72. The molecule has 0 spiro atoms. The molecule has 3 rings (SSSR count). The molecule has 186 valence electrons. The number of carbonyl (C=O) groups excluding carboxylic acids is 4. The van der Waals surface area contributed by atoms with Crippen LogP contribution in [0.3, 0.4) is 0 Å². The number of carbonyl (C=O) groups is 4. The van der Waals surface area contributed by atoms with Crippen LogP contribution >= 0.6 is 0 Å². The van der Waals surface area contributed by atoms with Crippen LogP contribution in [0.5, 0.6) is 0 Å². The number of anilines is 1. The van der Waals surface area contributed by atoms with E-state index in [2.05, 4.69) is 10.6 Å². The van der Waals surface area contributed by atoms with E-state index in [9.17, 15) is 19.2 Å². The molecule has 0 bridgehead atoms. The van der Waals surface area contributed by atoms with Gasteiger partial charge in [0.1, 0.15) is 11.6 Å². The minimum absolute atomic E-state index is 0.201. The van der Waals surface area contributed by atoms with E-state index in [-0.39, 0.29) is 37.2 Å². The largest absolute Gasteiger partial charge is 0.460 e. The average molecular weight is 476 g/mol. The van der Waals surface area contributed by atoms with Crippen LogP contribution in [0.15, 0.2) is 18.2 Å². The fraction of sp³-hybridized carbons (Fsp3) is 0.583. The van der Waals surface area contributed by atoms with E-state index in [4.69, 9.17) is 14.2 Å². The number of hydrogen-bond donors (Lipinski definition) is 2. The average Bonchev–Trinajstić information content (AvgIpc) is 3.08. The quantitative estimate of drug-likeness (QED) is 0.281. The fourth-order valence-corrected chi connectivity index (χ4v) is 3.88. The molecule has 2 aliphatic heterocycles. The Labute approximate surface area is 199 Å². The molecule has 0 aliphatic carbocycles. The zero-order valence-corrected chi connectivity index (χ0v) is 20.0. The fourth-order valence-electron chi connectivity index (χ4n) is 3.88. The number of fused-ring (bicyclic) bond motifs is 1. The zero-order valence-electron chi connectivity index (χ0n) is 20.0. The van der Waals surface area contributed by atoms with Gasteiger partial charge in [0.05, 0.1) is 32.8 Å². The molecular formula is C24H33N3O7. The van der Waals surface area contributed by atoms with Gasteiger partial charge in [-0.25, -0.2) is 0 Å². The van der Waals surface area contributed by atoms with Crippen molar-refractivity contribution < 1.29 is 33.4 Å². The molecule has 0 saturated carbocycles. The summed E-state index contributed by atoms with van der Waals surface area (Å²) in [7, 11) is 0. The van der Waals surface area contributed by atoms with Crippen LogP contribution in [0.4, 0.5) is 5.69 Å². The molecule has 2 aliphatic rings. The van der Waals surface area contributed by atoms with Gasteiger partial charge in [-0.1, -0.05) is 6.07 Å². The highest BCUT2D eigenvalue weighted by atomic mass is 16.6. The maximum Gasteiger partial charge on any atom is 0.308 e. The van der Waals surface area contributed by atoms with E-state index in [0.29, 0.717) is 44.9 Å². The number of nitrogens with one attached hydrogen (secondary N) is 2. The normalized spacial score (nSPS) is 18.0. The first kappa shape index (κ1) is 25.6. The van der Waals surface area contributed by atoms with Gasteiger partial charge in [-0.2, -0.15) is 0 Å². The molecule has 2 N–H and O–H groups in total. The second-order valence-electron chi connectivity index (χ2n) is 9.22. The Bertz CT molecular complexity index is 926. The number of esters is 1. The van der Waals surface area contributed by atoms with Crippen molar-refractivity contribution in [3.05, 3.63) is 29.3 Å². The maximum absolute atomic E-state index is 12.9. The predicted molar refractivity (Wildman–Crippen MR) is 123 cm³/mol. The lowest BCUT2D eigenvalue weighted by Gasteiger charge is -2.29. The van der Waals surface area contributed by atoms with Gasteiger partial charge >= 0.3 is 5.97 Å². The van der Waals surface area contributed by atoms with Crippen molar-refractivity contribution in [3.8, 4) is 0 Å². The summed E-state index contributed by atoms with van der Waals surface area (Å²) in [6, 6.07) is 4.80. The van der Waals surface area contributed by atoms with Crippen molar-refractivity contribution >= 4 is 29.4 Å². The van der Waals surface area contributed by atoms with Crippen LogP contribution in [0.1, 0.15) is 56.0 Å². The second-order valence-corrected chi connectivity index (χ2v) is 9.22. The van der Waals surface area contributed by atoms with Gasteiger partial charge in [-0.3, -0.25) is 24.5 Å². The SMILES string of the molecule is CC(C)(C)OC(=O)CCOCCOCCNc1cccc2c1CN(C1CCC(=O)NC1=O)C2=O. The molecule has 10 heteroatoms. The predicted octanol–water partition coefficient (Wildman–Crippen LogP) is 1.62. The minimum atomic E-state index is -0.635. The summed E-state index contributed by atoms with van der Waals surface area (Å²) < 4.78 is 16.2. The first-order valence-electron chi connectivity index (χ1n) is 11.5.